The van der Waals surface area contributed by atoms with E-state index in [1.54, 1.807) is 6.92 Å². The zero-order valence-corrected chi connectivity index (χ0v) is 9.36. The van der Waals surface area contributed by atoms with E-state index in [0.717, 1.165) is 19.4 Å². The summed E-state index contributed by atoms with van der Waals surface area (Å²) in [6, 6.07) is 8.40. The molecule has 1 atom stereocenters. The SMILES string of the molecule is CC(=O)C(C)N1CCCc2ccccc21. The Hall–Kier alpha value is -1.31. The van der Waals surface area contributed by atoms with Gasteiger partial charge in [-0.2, -0.15) is 0 Å². The second-order valence-electron chi connectivity index (χ2n) is 4.21. The molecule has 0 aromatic heterocycles. The maximum Gasteiger partial charge on any atom is 0.151 e. The molecule has 0 radical (unpaired) electrons. The van der Waals surface area contributed by atoms with E-state index in [-0.39, 0.29) is 11.8 Å². The van der Waals surface area contributed by atoms with Crippen LogP contribution in [0.2, 0.25) is 0 Å². The van der Waals surface area contributed by atoms with Crippen LogP contribution in [0.3, 0.4) is 0 Å². The average Bonchev–Trinajstić information content (AvgIpc) is 2.27. The summed E-state index contributed by atoms with van der Waals surface area (Å²) < 4.78 is 0. The smallest absolute Gasteiger partial charge is 0.151 e. The number of rotatable bonds is 2. The maximum absolute atomic E-state index is 11.4. The van der Waals surface area contributed by atoms with Crippen molar-refractivity contribution in [2.24, 2.45) is 0 Å². The van der Waals surface area contributed by atoms with Crippen LogP contribution in [0.25, 0.3) is 0 Å². The van der Waals surface area contributed by atoms with Crippen LogP contribution in [0.15, 0.2) is 24.3 Å². The van der Waals surface area contributed by atoms with Crippen LogP contribution >= 0.6 is 0 Å². The number of hydrogen-bond acceptors (Lipinski definition) is 2. The first kappa shape index (κ1) is 10.2. The summed E-state index contributed by atoms with van der Waals surface area (Å²) >= 11 is 0. The summed E-state index contributed by atoms with van der Waals surface area (Å²) in [5, 5.41) is 0. The lowest BCUT2D eigenvalue weighted by atomic mass is 9.99. The molecule has 0 aliphatic carbocycles. The normalized spacial score (nSPS) is 17.1. The van der Waals surface area contributed by atoms with Gasteiger partial charge in [-0.3, -0.25) is 4.79 Å². The molecular weight excluding hydrogens is 186 g/mol. The van der Waals surface area contributed by atoms with E-state index in [0.29, 0.717) is 0 Å². The van der Waals surface area contributed by atoms with Gasteiger partial charge in [0.05, 0.1) is 6.04 Å². The topological polar surface area (TPSA) is 20.3 Å². The van der Waals surface area contributed by atoms with E-state index >= 15 is 0 Å². The highest BCUT2D eigenvalue weighted by atomic mass is 16.1. The van der Waals surface area contributed by atoms with E-state index in [2.05, 4.69) is 23.1 Å². The fourth-order valence-electron chi connectivity index (χ4n) is 2.18. The minimum absolute atomic E-state index is 0.00597. The molecule has 1 unspecified atom stereocenters. The van der Waals surface area contributed by atoms with Gasteiger partial charge in [0.2, 0.25) is 0 Å². The standard InChI is InChI=1S/C13H17NO/c1-10(11(2)15)14-9-5-7-12-6-3-4-8-13(12)14/h3-4,6,8,10H,5,7,9H2,1-2H3. The first-order chi connectivity index (χ1) is 7.20. The van der Waals surface area contributed by atoms with E-state index in [4.69, 9.17) is 0 Å². The van der Waals surface area contributed by atoms with Gasteiger partial charge in [0, 0.05) is 12.2 Å². The number of anilines is 1. The quantitative estimate of drug-likeness (QED) is 0.735. The van der Waals surface area contributed by atoms with Crippen molar-refractivity contribution in [3.8, 4) is 0 Å². The third-order valence-electron chi connectivity index (χ3n) is 3.20. The third kappa shape index (κ3) is 1.89. The van der Waals surface area contributed by atoms with Crippen molar-refractivity contribution in [1.29, 1.82) is 0 Å². The summed E-state index contributed by atoms with van der Waals surface area (Å²) in [6.45, 7) is 4.66. The van der Waals surface area contributed by atoms with Crippen molar-refractivity contribution in [2.75, 3.05) is 11.4 Å². The minimum atomic E-state index is 0.00597. The highest BCUT2D eigenvalue weighted by Gasteiger charge is 2.23. The van der Waals surface area contributed by atoms with Crippen LogP contribution in [0.4, 0.5) is 5.69 Å². The number of aryl methyl sites for hydroxylation is 1. The summed E-state index contributed by atoms with van der Waals surface area (Å²) in [4.78, 5) is 13.6. The third-order valence-corrected chi connectivity index (χ3v) is 3.20. The fourth-order valence-corrected chi connectivity index (χ4v) is 2.18. The molecule has 0 N–H and O–H groups in total. The number of ketones is 1. The largest absolute Gasteiger partial charge is 0.362 e. The van der Waals surface area contributed by atoms with E-state index in [1.165, 1.54) is 11.3 Å². The molecule has 1 aliphatic heterocycles. The van der Waals surface area contributed by atoms with Crippen molar-refractivity contribution in [3.63, 3.8) is 0 Å². The second-order valence-corrected chi connectivity index (χ2v) is 4.21. The predicted octanol–water partition coefficient (Wildman–Crippen LogP) is 2.42. The Labute approximate surface area is 90.9 Å². The molecule has 1 aromatic carbocycles. The molecule has 0 spiro atoms. The van der Waals surface area contributed by atoms with Gasteiger partial charge in [0.1, 0.15) is 0 Å². The number of hydrogen-bond donors (Lipinski definition) is 0. The molecule has 2 heteroatoms. The molecule has 0 saturated carbocycles. The van der Waals surface area contributed by atoms with E-state index < -0.39 is 0 Å². The van der Waals surface area contributed by atoms with E-state index in [1.807, 2.05) is 13.0 Å². The second kappa shape index (κ2) is 4.05. The number of benzene rings is 1. The predicted molar refractivity (Wildman–Crippen MR) is 62.3 cm³/mol. The van der Waals surface area contributed by atoms with Gasteiger partial charge in [-0.15, -0.1) is 0 Å². The number of nitrogens with zero attached hydrogens (tertiary/aromatic N) is 1. The average molecular weight is 203 g/mol. The molecule has 15 heavy (non-hydrogen) atoms. The number of carbonyl (C=O) groups is 1. The van der Waals surface area contributed by atoms with Gasteiger partial charge >= 0.3 is 0 Å². The van der Waals surface area contributed by atoms with Crippen LogP contribution in [-0.4, -0.2) is 18.4 Å². The van der Waals surface area contributed by atoms with E-state index in [9.17, 15) is 4.79 Å². The minimum Gasteiger partial charge on any atom is -0.362 e. The zero-order chi connectivity index (χ0) is 10.8. The van der Waals surface area contributed by atoms with Gasteiger partial charge in [0.15, 0.2) is 5.78 Å². The van der Waals surface area contributed by atoms with Crippen LogP contribution < -0.4 is 4.90 Å². The Morgan fingerprint density at radius 3 is 2.87 bits per heavy atom. The Bertz CT molecular complexity index is 373. The summed E-state index contributed by atoms with van der Waals surface area (Å²) in [7, 11) is 0. The van der Waals surface area contributed by atoms with Crippen LogP contribution in [0.5, 0.6) is 0 Å². The first-order valence-electron chi connectivity index (χ1n) is 5.55. The van der Waals surface area contributed by atoms with Crippen molar-refractivity contribution in [1.82, 2.24) is 0 Å². The molecule has 1 heterocycles. The Balaban J connectivity index is 2.33. The van der Waals surface area contributed by atoms with Crippen molar-refractivity contribution in [2.45, 2.75) is 32.7 Å². The summed E-state index contributed by atoms with van der Waals surface area (Å²) in [5.74, 6) is 0.242. The molecule has 2 nitrogen and oxygen atoms in total. The van der Waals surface area contributed by atoms with Crippen molar-refractivity contribution >= 4 is 11.5 Å². The Morgan fingerprint density at radius 2 is 2.13 bits per heavy atom. The summed E-state index contributed by atoms with van der Waals surface area (Å²) in [6.07, 6.45) is 2.28. The van der Waals surface area contributed by atoms with Gasteiger partial charge in [-0.05, 0) is 38.3 Å². The molecule has 2 rings (SSSR count). The van der Waals surface area contributed by atoms with Gasteiger partial charge in [-0.1, -0.05) is 18.2 Å². The molecule has 0 saturated heterocycles. The lowest BCUT2D eigenvalue weighted by Gasteiger charge is -2.35. The van der Waals surface area contributed by atoms with Crippen LogP contribution in [0, 0.1) is 0 Å². The molecule has 1 aromatic rings. The van der Waals surface area contributed by atoms with Crippen molar-refractivity contribution in [3.05, 3.63) is 29.8 Å². The molecule has 0 bridgehead atoms. The number of Topliss-reactive ketones (excluding diaryl/α,β-unsaturated/α-hetero) is 1. The number of para-hydroxylation sites is 1. The number of carbonyl (C=O) groups excluding carboxylic acids is 1. The molecule has 80 valence electrons. The fraction of sp³-hybridized carbons (Fsp3) is 0.462. The lowest BCUT2D eigenvalue weighted by Crippen LogP contribution is -2.41. The van der Waals surface area contributed by atoms with Crippen LogP contribution in [0.1, 0.15) is 25.8 Å². The summed E-state index contributed by atoms with van der Waals surface area (Å²) in [5.41, 5.74) is 2.61. The highest BCUT2D eigenvalue weighted by Crippen LogP contribution is 2.28. The molecule has 0 amide bonds. The van der Waals surface area contributed by atoms with Gasteiger partial charge in [0.25, 0.3) is 0 Å². The van der Waals surface area contributed by atoms with Gasteiger partial charge < -0.3 is 4.90 Å². The van der Waals surface area contributed by atoms with Crippen molar-refractivity contribution < 1.29 is 4.79 Å². The maximum atomic E-state index is 11.4. The lowest BCUT2D eigenvalue weighted by molar-refractivity contribution is -0.117. The highest BCUT2D eigenvalue weighted by molar-refractivity contribution is 5.85. The zero-order valence-electron chi connectivity index (χ0n) is 9.36. The van der Waals surface area contributed by atoms with Crippen LogP contribution in [-0.2, 0) is 11.2 Å². The Kier molecular flexibility index (Phi) is 2.76. The monoisotopic (exact) mass is 203 g/mol. The molecule has 1 aliphatic rings. The van der Waals surface area contributed by atoms with Gasteiger partial charge in [-0.25, -0.2) is 0 Å². The Morgan fingerprint density at radius 1 is 1.40 bits per heavy atom. The molecule has 0 fully saturated rings. The first-order valence-corrected chi connectivity index (χ1v) is 5.55. The number of fused-ring (bicyclic) bond motifs is 1. The molecular formula is C13H17NO.